The van der Waals surface area contributed by atoms with Gasteiger partial charge in [-0.3, -0.25) is 14.6 Å². The van der Waals surface area contributed by atoms with Crippen molar-refractivity contribution in [3.8, 4) is 0 Å². The molecule has 0 spiro atoms. The highest BCUT2D eigenvalue weighted by Gasteiger charge is 2.27. The number of anilines is 1. The third-order valence-corrected chi connectivity index (χ3v) is 4.44. The number of ether oxygens (including phenoxy) is 1. The number of aromatic nitrogens is 2. The summed E-state index contributed by atoms with van der Waals surface area (Å²) in [4.78, 5) is 46.4. The van der Waals surface area contributed by atoms with Gasteiger partial charge < -0.3 is 15.0 Å². The Hall–Kier alpha value is -2.81. The smallest absolute Gasteiger partial charge is 0.341 e. The van der Waals surface area contributed by atoms with Crippen LogP contribution >= 0.6 is 11.3 Å². The zero-order valence-electron chi connectivity index (χ0n) is 14.3. The van der Waals surface area contributed by atoms with Crippen LogP contribution in [0.1, 0.15) is 43.0 Å². The molecule has 0 aliphatic rings. The Labute approximate surface area is 148 Å². The van der Waals surface area contributed by atoms with Gasteiger partial charge in [0.05, 0.1) is 23.2 Å². The number of carbonyl (C=O) groups excluding carboxylic acids is 3. The van der Waals surface area contributed by atoms with Crippen molar-refractivity contribution in [2.75, 3.05) is 26.0 Å². The van der Waals surface area contributed by atoms with Gasteiger partial charge in [0.2, 0.25) is 0 Å². The lowest BCUT2D eigenvalue weighted by molar-refractivity contribution is 0.0527. The van der Waals surface area contributed by atoms with Gasteiger partial charge in [0.1, 0.15) is 10.7 Å². The molecule has 0 saturated heterocycles. The molecule has 2 amide bonds. The SMILES string of the molecule is CCOC(=O)c1c(NC(=O)c2cnccn2)sc(C(=O)N(C)C)c1C. The van der Waals surface area contributed by atoms with Crippen LogP contribution in [-0.4, -0.2) is 53.4 Å². The summed E-state index contributed by atoms with van der Waals surface area (Å²) in [5.41, 5.74) is 0.745. The maximum atomic E-state index is 12.3. The standard InChI is InChI=1S/C16H18N4O4S/c1-5-24-16(23)11-9(2)12(15(22)20(3)4)25-14(11)19-13(21)10-8-17-6-7-18-10/h6-8H,5H2,1-4H3,(H,19,21). The third-order valence-electron chi connectivity index (χ3n) is 3.25. The largest absolute Gasteiger partial charge is 0.462 e. The Morgan fingerprint density at radius 2 is 2.00 bits per heavy atom. The van der Waals surface area contributed by atoms with Gasteiger partial charge in [-0.05, 0) is 19.4 Å². The molecular weight excluding hydrogens is 344 g/mol. The molecule has 1 N–H and O–H groups in total. The van der Waals surface area contributed by atoms with Crippen LogP contribution in [0.25, 0.3) is 0 Å². The first-order chi connectivity index (χ1) is 11.9. The van der Waals surface area contributed by atoms with Gasteiger partial charge in [-0.25, -0.2) is 9.78 Å². The summed E-state index contributed by atoms with van der Waals surface area (Å²) in [6, 6.07) is 0. The number of nitrogens with zero attached hydrogens (tertiary/aromatic N) is 3. The van der Waals surface area contributed by atoms with E-state index in [9.17, 15) is 14.4 Å². The van der Waals surface area contributed by atoms with Gasteiger partial charge in [-0.1, -0.05) is 0 Å². The molecule has 0 bridgehead atoms. The molecule has 8 nitrogen and oxygen atoms in total. The van der Waals surface area contributed by atoms with Crippen molar-refractivity contribution in [1.82, 2.24) is 14.9 Å². The van der Waals surface area contributed by atoms with Crippen LogP contribution < -0.4 is 5.32 Å². The van der Waals surface area contributed by atoms with E-state index in [2.05, 4.69) is 15.3 Å². The first-order valence-electron chi connectivity index (χ1n) is 7.46. The highest BCUT2D eigenvalue weighted by molar-refractivity contribution is 7.18. The summed E-state index contributed by atoms with van der Waals surface area (Å²) in [6.07, 6.45) is 4.15. The lowest BCUT2D eigenvalue weighted by Gasteiger charge is -2.09. The molecule has 0 radical (unpaired) electrons. The van der Waals surface area contributed by atoms with E-state index in [1.165, 1.54) is 23.5 Å². The number of rotatable bonds is 5. The fraction of sp³-hybridized carbons (Fsp3) is 0.312. The molecule has 0 saturated carbocycles. The van der Waals surface area contributed by atoms with E-state index in [0.29, 0.717) is 10.4 Å². The predicted octanol–water partition coefficient (Wildman–Crippen LogP) is 1.98. The monoisotopic (exact) mass is 362 g/mol. The van der Waals surface area contributed by atoms with E-state index in [1.54, 1.807) is 27.9 Å². The molecule has 0 aliphatic carbocycles. The van der Waals surface area contributed by atoms with Gasteiger partial charge in [-0.15, -0.1) is 11.3 Å². The lowest BCUT2D eigenvalue weighted by atomic mass is 10.1. The van der Waals surface area contributed by atoms with Crippen molar-refractivity contribution >= 4 is 34.1 Å². The molecule has 9 heteroatoms. The second-order valence-electron chi connectivity index (χ2n) is 5.23. The quantitative estimate of drug-likeness (QED) is 0.816. The number of esters is 1. The van der Waals surface area contributed by atoms with E-state index in [1.807, 2.05) is 0 Å². The molecule has 0 aliphatic heterocycles. The Kier molecular flexibility index (Phi) is 5.81. The molecule has 25 heavy (non-hydrogen) atoms. The number of amides is 2. The summed E-state index contributed by atoms with van der Waals surface area (Å²) < 4.78 is 5.05. The van der Waals surface area contributed by atoms with Crippen molar-refractivity contribution in [2.24, 2.45) is 0 Å². The van der Waals surface area contributed by atoms with Crippen LogP contribution in [0.4, 0.5) is 5.00 Å². The van der Waals surface area contributed by atoms with Crippen molar-refractivity contribution in [3.05, 3.63) is 40.3 Å². The van der Waals surface area contributed by atoms with Gasteiger partial charge >= 0.3 is 5.97 Å². The lowest BCUT2D eigenvalue weighted by Crippen LogP contribution is -2.21. The van der Waals surface area contributed by atoms with Crippen LogP contribution in [0.2, 0.25) is 0 Å². The van der Waals surface area contributed by atoms with Gasteiger partial charge in [0, 0.05) is 26.5 Å². The molecule has 2 heterocycles. The third kappa shape index (κ3) is 4.00. The Bertz CT molecular complexity index is 802. The van der Waals surface area contributed by atoms with Crippen molar-refractivity contribution in [3.63, 3.8) is 0 Å². The summed E-state index contributed by atoms with van der Waals surface area (Å²) in [7, 11) is 3.23. The van der Waals surface area contributed by atoms with Gasteiger partial charge in [0.25, 0.3) is 11.8 Å². The topological polar surface area (TPSA) is 101 Å². The molecule has 0 fully saturated rings. The summed E-state index contributed by atoms with van der Waals surface area (Å²) in [6.45, 7) is 3.52. The number of thiophene rings is 1. The van der Waals surface area contributed by atoms with Crippen LogP contribution in [-0.2, 0) is 4.74 Å². The van der Waals surface area contributed by atoms with Crippen molar-refractivity contribution < 1.29 is 19.1 Å². The summed E-state index contributed by atoms with van der Waals surface area (Å²) in [5, 5.41) is 2.87. The molecular formula is C16H18N4O4S. The van der Waals surface area contributed by atoms with Crippen LogP contribution in [0.15, 0.2) is 18.6 Å². The normalized spacial score (nSPS) is 10.2. The second kappa shape index (κ2) is 7.84. The molecule has 0 aromatic carbocycles. The molecule has 0 unspecified atom stereocenters. The molecule has 0 atom stereocenters. The van der Waals surface area contributed by atoms with Crippen LogP contribution in [0, 0.1) is 6.92 Å². The number of hydrogen-bond donors (Lipinski definition) is 1. The molecule has 2 aromatic heterocycles. The van der Waals surface area contributed by atoms with Gasteiger partial charge in [0.15, 0.2) is 0 Å². The maximum Gasteiger partial charge on any atom is 0.341 e. The maximum absolute atomic E-state index is 12.3. The predicted molar refractivity (Wildman–Crippen MR) is 93.0 cm³/mol. The van der Waals surface area contributed by atoms with E-state index in [4.69, 9.17) is 4.74 Å². The minimum atomic E-state index is -0.594. The molecule has 132 valence electrons. The fourth-order valence-corrected chi connectivity index (χ4v) is 3.25. The highest BCUT2D eigenvalue weighted by Crippen LogP contribution is 2.34. The van der Waals surface area contributed by atoms with E-state index in [0.717, 1.165) is 11.3 Å². The number of nitrogens with one attached hydrogen (secondary N) is 1. The minimum Gasteiger partial charge on any atom is -0.462 e. The summed E-state index contributed by atoms with van der Waals surface area (Å²) in [5.74, 6) is -1.37. The van der Waals surface area contributed by atoms with E-state index < -0.39 is 11.9 Å². The highest BCUT2D eigenvalue weighted by atomic mass is 32.1. The summed E-state index contributed by atoms with van der Waals surface area (Å²) >= 11 is 1.03. The van der Waals surface area contributed by atoms with Crippen molar-refractivity contribution in [1.29, 1.82) is 0 Å². The van der Waals surface area contributed by atoms with Crippen molar-refractivity contribution in [2.45, 2.75) is 13.8 Å². The molecule has 2 aromatic rings. The van der Waals surface area contributed by atoms with Crippen LogP contribution in [0.3, 0.4) is 0 Å². The average molecular weight is 362 g/mol. The fourth-order valence-electron chi connectivity index (χ4n) is 2.04. The average Bonchev–Trinajstić information content (AvgIpc) is 2.91. The first kappa shape index (κ1) is 18.5. The number of hydrogen-bond acceptors (Lipinski definition) is 7. The Balaban J connectivity index is 2.44. The second-order valence-corrected chi connectivity index (χ2v) is 6.25. The minimum absolute atomic E-state index is 0.101. The van der Waals surface area contributed by atoms with E-state index in [-0.39, 0.29) is 28.8 Å². The zero-order valence-corrected chi connectivity index (χ0v) is 15.1. The zero-order chi connectivity index (χ0) is 18.6. The Morgan fingerprint density at radius 3 is 2.56 bits per heavy atom. The molecule has 2 rings (SSSR count). The van der Waals surface area contributed by atoms with Gasteiger partial charge in [-0.2, -0.15) is 0 Å². The number of carbonyl (C=O) groups is 3. The van der Waals surface area contributed by atoms with E-state index >= 15 is 0 Å². The van der Waals surface area contributed by atoms with Crippen LogP contribution in [0.5, 0.6) is 0 Å². The Morgan fingerprint density at radius 1 is 1.28 bits per heavy atom. The first-order valence-corrected chi connectivity index (χ1v) is 8.28.